The first-order valence-electron chi connectivity index (χ1n) is 19.2. The van der Waals surface area contributed by atoms with E-state index in [4.69, 9.17) is 26.4 Å². The molecule has 2 atom stereocenters. The zero-order valence-electron chi connectivity index (χ0n) is 32.0. The molecule has 4 aromatic carbocycles. The van der Waals surface area contributed by atoms with E-state index < -0.39 is 29.8 Å². The second-order valence-electron chi connectivity index (χ2n) is 14.1. The molecule has 0 aliphatic heterocycles. The summed E-state index contributed by atoms with van der Waals surface area (Å²) in [5.41, 5.74) is 7.42. The number of carbonyl (C=O) groups excluding carboxylic acids is 2. The number of aromatic nitrogens is 6. The number of amides is 1. The Bertz CT molecular complexity index is 2240. The molecule has 0 radical (unpaired) electrons. The van der Waals surface area contributed by atoms with Crippen LogP contribution in [0.15, 0.2) is 103 Å². The van der Waals surface area contributed by atoms with Crippen molar-refractivity contribution < 1.29 is 24.2 Å². The standard InChI is InChI=1S/C44H46ClN7O5/c1-3-4-15-39-47-42(45)38(52(39)27-35-21-20-34(32-13-9-6-10-14-32)26-37(35)43-48-50-51-49-43)28-57-44(56)29(2)24-36(46-40(53)22-23-41(54)55)25-30-16-18-33(19-17-30)31-11-7-5-8-12-31/h5-14,16-21,26,29,36H,3-4,15,22-25,27-28H2,1-2H3,(H,46,53)(H,54,55)(H,48,49,50,51)/t29-,36+/m1/s1. The van der Waals surface area contributed by atoms with Gasteiger partial charge in [-0.3, -0.25) is 14.4 Å². The molecule has 12 nitrogen and oxygen atoms in total. The number of unbranched alkanes of at least 4 members (excludes halogenated alkanes) is 1. The number of ether oxygens (including phenoxy) is 1. The van der Waals surface area contributed by atoms with Gasteiger partial charge in [-0.25, -0.2) is 4.98 Å². The maximum Gasteiger partial charge on any atom is 0.309 e. The number of hydrogen-bond donors (Lipinski definition) is 3. The van der Waals surface area contributed by atoms with Gasteiger partial charge in [-0.2, -0.15) is 5.21 Å². The smallest absolute Gasteiger partial charge is 0.309 e. The minimum Gasteiger partial charge on any atom is -0.481 e. The largest absolute Gasteiger partial charge is 0.481 e. The number of esters is 1. The van der Waals surface area contributed by atoms with Gasteiger partial charge in [0.15, 0.2) is 5.15 Å². The summed E-state index contributed by atoms with van der Waals surface area (Å²) in [5, 5.41) is 27.3. The molecule has 3 N–H and O–H groups in total. The van der Waals surface area contributed by atoms with E-state index in [0.717, 1.165) is 57.6 Å². The lowest BCUT2D eigenvalue weighted by molar-refractivity contribution is -0.150. The Kier molecular flexibility index (Phi) is 14.0. The van der Waals surface area contributed by atoms with Crippen LogP contribution in [0.1, 0.15) is 68.6 Å². The molecule has 2 heterocycles. The Hall–Kier alpha value is -6.14. The molecular formula is C44H46ClN7O5. The molecule has 0 aliphatic rings. The Morgan fingerprint density at radius 2 is 1.56 bits per heavy atom. The summed E-state index contributed by atoms with van der Waals surface area (Å²) in [6, 6.07) is 33.8. The lowest BCUT2D eigenvalue weighted by Crippen LogP contribution is -2.39. The van der Waals surface area contributed by atoms with Gasteiger partial charge in [0.2, 0.25) is 11.7 Å². The molecule has 0 saturated heterocycles. The highest BCUT2D eigenvalue weighted by Crippen LogP contribution is 2.30. The van der Waals surface area contributed by atoms with E-state index in [-0.39, 0.29) is 31.0 Å². The predicted molar refractivity (Wildman–Crippen MR) is 218 cm³/mol. The third-order valence-electron chi connectivity index (χ3n) is 9.85. The summed E-state index contributed by atoms with van der Waals surface area (Å²) in [4.78, 5) is 42.3. The van der Waals surface area contributed by atoms with Crippen LogP contribution in [0.5, 0.6) is 0 Å². The average molecular weight is 788 g/mol. The number of H-pyrrole nitrogens is 1. The SMILES string of the molecule is CCCCc1nc(Cl)c(COC(=O)[C@H](C)C[C@@H](Cc2ccc(-c3ccccc3)cc2)NC(=O)CCC(=O)O)n1Cc1ccc(-c2ccccc2)cc1-c1nn[nH]n1. The van der Waals surface area contributed by atoms with Gasteiger partial charge in [0.05, 0.1) is 18.0 Å². The first-order valence-corrected chi connectivity index (χ1v) is 19.5. The number of aromatic amines is 1. The summed E-state index contributed by atoms with van der Waals surface area (Å²) in [5.74, 6) is -1.30. The maximum atomic E-state index is 13.6. The molecule has 1 amide bonds. The molecule has 0 unspecified atom stereocenters. The second-order valence-corrected chi connectivity index (χ2v) is 14.5. The first kappa shape index (κ1) is 40.5. The summed E-state index contributed by atoms with van der Waals surface area (Å²) in [6.45, 7) is 4.12. The van der Waals surface area contributed by atoms with Gasteiger partial charge in [-0.15, -0.1) is 10.2 Å². The molecule has 0 saturated carbocycles. The number of benzene rings is 4. The van der Waals surface area contributed by atoms with Crippen LogP contribution in [0.2, 0.25) is 5.15 Å². The lowest BCUT2D eigenvalue weighted by atomic mass is 9.94. The Balaban J connectivity index is 1.19. The molecule has 6 aromatic rings. The Morgan fingerprint density at radius 1 is 0.895 bits per heavy atom. The van der Waals surface area contributed by atoms with Crippen molar-refractivity contribution in [1.82, 2.24) is 35.5 Å². The number of aryl methyl sites for hydroxylation is 1. The third-order valence-corrected chi connectivity index (χ3v) is 10.2. The Morgan fingerprint density at radius 3 is 2.21 bits per heavy atom. The van der Waals surface area contributed by atoms with E-state index in [9.17, 15) is 14.4 Å². The monoisotopic (exact) mass is 787 g/mol. The number of carboxylic acid groups (broad SMARTS) is 1. The van der Waals surface area contributed by atoms with Crippen molar-refractivity contribution in [3.63, 3.8) is 0 Å². The number of nitrogens with one attached hydrogen (secondary N) is 2. The van der Waals surface area contributed by atoms with Gasteiger partial charge in [-0.05, 0) is 63.9 Å². The van der Waals surface area contributed by atoms with Crippen LogP contribution in [-0.2, 0) is 45.1 Å². The van der Waals surface area contributed by atoms with Crippen molar-refractivity contribution in [2.24, 2.45) is 5.92 Å². The number of rotatable bonds is 19. The van der Waals surface area contributed by atoms with Crippen LogP contribution >= 0.6 is 11.6 Å². The molecule has 0 bridgehead atoms. The number of carboxylic acids is 1. The van der Waals surface area contributed by atoms with Gasteiger partial charge in [0, 0.05) is 31.0 Å². The first-order chi connectivity index (χ1) is 27.7. The quantitative estimate of drug-likeness (QED) is 0.0688. The second kappa shape index (κ2) is 19.6. The fourth-order valence-corrected chi connectivity index (χ4v) is 7.06. The van der Waals surface area contributed by atoms with E-state index in [1.807, 2.05) is 108 Å². The third kappa shape index (κ3) is 11.0. The van der Waals surface area contributed by atoms with Crippen molar-refractivity contribution in [3.8, 4) is 33.6 Å². The summed E-state index contributed by atoms with van der Waals surface area (Å²) >= 11 is 6.78. The number of aliphatic carboxylic acids is 1. The molecule has 0 spiro atoms. The summed E-state index contributed by atoms with van der Waals surface area (Å²) in [7, 11) is 0. The number of tetrazole rings is 1. The highest BCUT2D eigenvalue weighted by molar-refractivity contribution is 6.30. The van der Waals surface area contributed by atoms with E-state index in [0.29, 0.717) is 30.9 Å². The zero-order valence-corrected chi connectivity index (χ0v) is 32.8. The number of nitrogens with zero attached hydrogens (tertiary/aromatic N) is 5. The van der Waals surface area contributed by atoms with Crippen LogP contribution in [0.3, 0.4) is 0 Å². The molecule has 294 valence electrons. The molecule has 13 heteroatoms. The molecule has 0 aliphatic carbocycles. The number of halogens is 1. The van der Waals surface area contributed by atoms with E-state index in [1.54, 1.807) is 6.92 Å². The zero-order chi connectivity index (χ0) is 40.1. The molecular weight excluding hydrogens is 742 g/mol. The van der Waals surface area contributed by atoms with Gasteiger partial charge >= 0.3 is 11.9 Å². The van der Waals surface area contributed by atoms with Crippen molar-refractivity contribution in [2.75, 3.05) is 0 Å². The lowest BCUT2D eigenvalue weighted by Gasteiger charge is -2.22. The van der Waals surface area contributed by atoms with Crippen molar-refractivity contribution in [1.29, 1.82) is 0 Å². The highest BCUT2D eigenvalue weighted by Gasteiger charge is 2.25. The molecule has 2 aromatic heterocycles. The predicted octanol–water partition coefficient (Wildman–Crippen LogP) is 8.10. The summed E-state index contributed by atoms with van der Waals surface area (Å²) in [6.07, 6.45) is 2.79. The van der Waals surface area contributed by atoms with E-state index in [1.165, 1.54) is 0 Å². The average Bonchev–Trinajstić information content (AvgIpc) is 3.87. The molecule has 57 heavy (non-hydrogen) atoms. The fourth-order valence-electron chi connectivity index (χ4n) is 6.80. The number of hydrogen-bond acceptors (Lipinski definition) is 8. The van der Waals surface area contributed by atoms with Gasteiger partial charge < -0.3 is 19.7 Å². The maximum absolute atomic E-state index is 13.6. The van der Waals surface area contributed by atoms with Gasteiger partial charge in [0.25, 0.3) is 0 Å². The van der Waals surface area contributed by atoms with Crippen molar-refractivity contribution >= 4 is 29.4 Å². The van der Waals surface area contributed by atoms with Crippen LogP contribution in [0.25, 0.3) is 33.6 Å². The van der Waals surface area contributed by atoms with Crippen LogP contribution < -0.4 is 5.32 Å². The van der Waals surface area contributed by atoms with Crippen LogP contribution in [0, 0.1) is 5.92 Å². The van der Waals surface area contributed by atoms with E-state index >= 15 is 0 Å². The van der Waals surface area contributed by atoms with Gasteiger partial charge in [0.1, 0.15) is 12.4 Å². The normalized spacial score (nSPS) is 12.2. The number of imidazole rings is 1. The van der Waals surface area contributed by atoms with Crippen LogP contribution in [-0.4, -0.2) is 59.2 Å². The molecule has 6 rings (SSSR count). The highest BCUT2D eigenvalue weighted by atomic mass is 35.5. The topological polar surface area (TPSA) is 165 Å². The van der Waals surface area contributed by atoms with E-state index in [2.05, 4.69) is 32.9 Å². The van der Waals surface area contributed by atoms with Crippen molar-refractivity contribution in [3.05, 3.63) is 131 Å². The summed E-state index contributed by atoms with van der Waals surface area (Å²) < 4.78 is 7.93. The fraction of sp³-hybridized carbons (Fsp3) is 0.295. The number of carbonyl (C=O) groups is 3. The minimum absolute atomic E-state index is 0.114. The Labute approximate surface area is 336 Å². The van der Waals surface area contributed by atoms with Gasteiger partial charge in [-0.1, -0.05) is 129 Å². The van der Waals surface area contributed by atoms with Crippen molar-refractivity contribution in [2.45, 2.75) is 78.0 Å². The van der Waals surface area contributed by atoms with Crippen LogP contribution in [0.4, 0.5) is 0 Å². The minimum atomic E-state index is -1.05. The molecule has 0 fully saturated rings.